The van der Waals surface area contributed by atoms with Crippen molar-refractivity contribution < 1.29 is 18.3 Å². The van der Waals surface area contributed by atoms with Gasteiger partial charge in [-0.1, -0.05) is 30.3 Å². The van der Waals surface area contributed by atoms with Crippen molar-refractivity contribution in [3.05, 3.63) is 104 Å². The molecule has 0 spiro atoms. The van der Waals surface area contributed by atoms with Gasteiger partial charge in [0.2, 0.25) is 0 Å². The smallest absolute Gasteiger partial charge is 0.342 e. The summed E-state index contributed by atoms with van der Waals surface area (Å²) in [6, 6.07) is 18.9. The Kier molecular flexibility index (Phi) is 5.41. The van der Waals surface area contributed by atoms with Crippen molar-refractivity contribution in [1.29, 1.82) is 0 Å². The first-order chi connectivity index (χ1) is 16.9. The Labute approximate surface area is 199 Å². The minimum Gasteiger partial charge on any atom is -0.493 e. The summed E-state index contributed by atoms with van der Waals surface area (Å²) in [5.41, 5.74) is 13.4. The number of para-hydroxylation sites is 2. The molecule has 0 unspecified atom stereocenters. The topological polar surface area (TPSA) is 131 Å². The van der Waals surface area contributed by atoms with Gasteiger partial charge in [0.05, 0.1) is 42.6 Å². The maximum absolute atomic E-state index is 13.3. The van der Waals surface area contributed by atoms with Crippen LogP contribution in [0.1, 0.15) is 22.6 Å². The van der Waals surface area contributed by atoms with Crippen molar-refractivity contribution in [2.24, 2.45) is 0 Å². The molecule has 0 aliphatic rings. The van der Waals surface area contributed by atoms with Gasteiger partial charge in [-0.25, -0.2) is 9.59 Å². The number of fused-ring (bicyclic) bond motifs is 2. The van der Waals surface area contributed by atoms with Crippen LogP contribution in [0.15, 0.2) is 85.2 Å². The van der Waals surface area contributed by atoms with E-state index >= 15 is 0 Å². The zero-order valence-corrected chi connectivity index (χ0v) is 19.0. The number of anilines is 2. The molecular weight excluding hydrogens is 448 g/mol. The van der Waals surface area contributed by atoms with Gasteiger partial charge in [-0.05, 0) is 42.0 Å². The molecule has 0 saturated carbocycles. The third-order valence-corrected chi connectivity index (χ3v) is 6.10. The SMILES string of the molecule is COc1ccc(C(c2c(N)c3ccccc3oc2=O)c2c(N)c3ccccc3oc2=O)cc1OC. The fourth-order valence-electron chi connectivity index (χ4n) is 4.43. The minimum absolute atomic E-state index is 0.0743. The van der Waals surface area contributed by atoms with Crippen molar-refractivity contribution in [3.63, 3.8) is 0 Å². The van der Waals surface area contributed by atoms with E-state index in [1.54, 1.807) is 66.7 Å². The molecule has 4 N–H and O–H groups in total. The Hall–Kier alpha value is -4.72. The summed E-state index contributed by atoms with van der Waals surface area (Å²) in [6.07, 6.45) is 0. The molecule has 8 heteroatoms. The van der Waals surface area contributed by atoms with Crippen LogP contribution >= 0.6 is 0 Å². The Morgan fingerprint density at radius 1 is 0.686 bits per heavy atom. The van der Waals surface area contributed by atoms with Crippen LogP contribution in [0.5, 0.6) is 11.5 Å². The summed E-state index contributed by atoms with van der Waals surface area (Å²) in [5.74, 6) is -0.119. The molecule has 0 bridgehead atoms. The molecule has 5 aromatic rings. The van der Waals surface area contributed by atoms with E-state index in [4.69, 9.17) is 29.8 Å². The zero-order chi connectivity index (χ0) is 24.7. The predicted molar refractivity (Wildman–Crippen MR) is 134 cm³/mol. The van der Waals surface area contributed by atoms with Crippen LogP contribution < -0.4 is 32.2 Å². The Balaban J connectivity index is 1.91. The van der Waals surface area contributed by atoms with Gasteiger partial charge in [0, 0.05) is 10.8 Å². The van der Waals surface area contributed by atoms with E-state index in [1.807, 2.05) is 0 Å². The van der Waals surface area contributed by atoms with Gasteiger partial charge in [-0.2, -0.15) is 0 Å². The third-order valence-electron chi connectivity index (χ3n) is 6.10. The fourth-order valence-corrected chi connectivity index (χ4v) is 4.43. The molecule has 0 fully saturated rings. The van der Waals surface area contributed by atoms with Gasteiger partial charge in [-0.3, -0.25) is 0 Å². The molecule has 8 nitrogen and oxygen atoms in total. The predicted octanol–water partition coefficient (Wildman–Crippen LogP) is 4.26. The van der Waals surface area contributed by atoms with E-state index < -0.39 is 17.2 Å². The lowest BCUT2D eigenvalue weighted by Gasteiger charge is -2.22. The first-order valence-corrected chi connectivity index (χ1v) is 10.8. The van der Waals surface area contributed by atoms with Crippen LogP contribution in [0, 0.1) is 0 Å². The van der Waals surface area contributed by atoms with Crippen molar-refractivity contribution >= 4 is 33.3 Å². The first-order valence-electron chi connectivity index (χ1n) is 10.8. The van der Waals surface area contributed by atoms with Crippen LogP contribution in [-0.4, -0.2) is 14.2 Å². The average molecular weight is 470 g/mol. The second-order valence-corrected chi connectivity index (χ2v) is 7.97. The first kappa shape index (κ1) is 22.1. The van der Waals surface area contributed by atoms with Gasteiger partial charge in [0.1, 0.15) is 11.2 Å². The summed E-state index contributed by atoms with van der Waals surface area (Å²) in [7, 11) is 3.01. The van der Waals surface area contributed by atoms with Gasteiger partial charge in [-0.15, -0.1) is 0 Å². The minimum atomic E-state index is -1.00. The van der Waals surface area contributed by atoms with Gasteiger partial charge < -0.3 is 29.8 Å². The molecule has 2 aromatic heterocycles. The quantitative estimate of drug-likeness (QED) is 0.364. The molecule has 0 aliphatic heterocycles. The highest BCUT2D eigenvalue weighted by molar-refractivity contribution is 5.93. The highest BCUT2D eigenvalue weighted by Crippen LogP contribution is 2.41. The number of methoxy groups -OCH3 is 2. The van der Waals surface area contributed by atoms with E-state index in [9.17, 15) is 9.59 Å². The van der Waals surface area contributed by atoms with Crippen LogP contribution in [0.25, 0.3) is 21.9 Å². The molecular formula is C27H22N2O6. The summed E-state index contributed by atoms with van der Waals surface area (Å²) in [5, 5.41) is 1.08. The number of nitrogen functional groups attached to an aromatic ring is 2. The van der Waals surface area contributed by atoms with E-state index in [0.29, 0.717) is 39.0 Å². The Morgan fingerprint density at radius 3 is 1.66 bits per heavy atom. The highest BCUT2D eigenvalue weighted by Gasteiger charge is 2.31. The number of ether oxygens (including phenoxy) is 2. The van der Waals surface area contributed by atoms with E-state index in [-0.39, 0.29) is 22.5 Å². The average Bonchev–Trinajstić information content (AvgIpc) is 2.87. The highest BCUT2D eigenvalue weighted by atomic mass is 16.5. The number of rotatable bonds is 5. The molecule has 2 heterocycles. The lowest BCUT2D eigenvalue weighted by atomic mass is 9.84. The standard InChI is InChI=1S/C27H22N2O6/c1-32-19-12-11-14(13-20(19)33-2)21(22-24(28)15-7-3-5-9-17(15)34-26(22)30)23-25(29)16-8-4-6-10-18(16)35-27(23)31/h3-13,21H,28-29H2,1-2H3. The zero-order valence-electron chi connectivity index (χ0n) is 19.0. The van der Waals surface area contributed by atoms with Crippen molar-refractivity contribution in [3.8, 4) is 11.5 Å². The number of hydrogen-bond donors (Lipinski definition) is 2. The molecule has 0 saturated heterocycles. The summed E-state index contributed by atoms with van der Waals surface area (Å²) in [4.78, 5) is 26.7. The van der Waals surface area contributed by atoms with Crippen LogP contribution in [0.4, 0.5) is 11.4 Å². The molecule has 3 aromatic carbocycles. The lowest BCUT2D eigenvalue weighted by molar-refractivity contribution is 0.354. The summed E-state index contributed by atoms with van der Waals surface area (Å²) < 4.78 is 22.0. The van der Waals surface area contributed by atoms with Crippen LogP contribution in [0.3, 0.4) is 0 Å². The Bertz CT molecular complexity index is 1600. The van der Waals surface area contributed by atoms with Crippen molar-refractivity contribution in [1.82, 2.24) is 0 Å². The maximum atomic E-state index is 13.3. The molecule has 0 aliphatic carbocycles. The lowest BCUT2D eigenvalue weighted by Crippen LogP contribution is -2.24. The molecule has 176 valence electrons. The monoisotopic (exact) mass is 470 g/mol. The molecule has 5 rings (SSSR count). The van der Waals surface area contributed by atoms with E-state index in [0.717, 1.165) is 0 Å². The molecule has 0 amide bonds. The van der Waals surface area contributed by atoms with E-state index in [1.165, 1.54) is 14.2 Å². The van der Waals surface area contributed by atoms with Gasteiger partial charge in [0.25, 0.3) is 0 Å². The third kappa shape index (κ3) is 3.56. The fraction of sp³-hybridized carbons (Fsp3) is 0.111. The maximum Gasteiger partial charge on any atom is 0.342 e. The van der Waals surface area contributed by atoms with Crippen molar-refractivity contribution in [2.75, 3.05) is 25.7 Å². The summed E-state index contributed by atoms with van der Waals surface area (Å²) in [6.45, 7) is 0. The number of nitrogens with two attached hydrogens (primary N) is 2. The largest absolute Gasteiger partial charge is 0.493 e. The van der Waals surface area contributed by atoms with Crippen molar-refractivity contribution in [2.45, 2.75) is 5.92 Å². The van der Waals surface area contributed by atoms with Crippen LogP contribution in [-0.2, 0) is 0 Å². The summed E-state index contributed by atoms with van der Waals surface area (Å²) >= 11 is 0. The normalized spacial score (nSPS) is 11.3. The van der Waals surface area contributed by atoms with Crippen LogP contribution in [0.2, 0.25) is 0 Å². The Morgan fingerprint density at radius 2 is 1.17 bits per heavy atom. The molecule has 0 atom stereocenters. The van der Waals surface area contributed by atoms with E-state index in [2.05, 4.69) is 0 Å². The molecule has 35 heavy (non-hydrogen) atoms. The second-order valence-electron chi connectivity index (χ2n) is 7.97. The number of hydrogen-bond acceptors (Lipinski definition) is 8. The second kappa shape index (κ2) is 8.57. The van der Waals surface area contributed by atoms with Gasteiger partial charge >= 0.3 is 11.3 Å². The molecule has 0 radical (unpaired) electrons. The number of benzene rings is 3. The van der Waals surface area contributed by atoms with Gasteiger partial charge in [0.15, 0.2) is 11.5 Å².